The van der Waals surface area contributed by atoms with Gasteiger partial charge in [-0.1, -0.05) is 43.8 Å². The summed E-state index contributed by atoms with van der Waals surface area (Å²) in [5.41, 5.74) is 1.98. The summed E-state index contributed by atoms with van der Waals surface area (Å²) in [6.45, 7) is 4.52. The Labute approximate surface area is 182 Å². The lowest BCUT2D eigenvalue weighted by Crippen LogP contribution is -2.15. The molecule has 0 aliphatic rings. The van der Waals surface area contributed by atoms with E-state index in [-0.39, 0.29) is 11.7 Å². The van der Waals surface area contributed by atoms with Crippen LogP contribution in [0.15, 0.2) is 53.7 Å². The number of para-hydroxylation sites is 1. The third kappa shape index (κ3) is 5.96. The molecule has 0 bridgehead atoms. The number of H-pyrrole nitrogens is 1. The number of ether oxygens (including phenoxy) is 1. The van der Waals surface area contributed by atoms with E-state index in [2.05, 4.69) is 63.0 Å². The van der Waals surface area contributed by atoms with Crippen molar-refractivity contribution >= 4 is 45.9 Å². The number of carbonyl (C=O) groups is 1. The number of nitrogens with zero attached hydrogens (tertiary/aromatic N) is 2. The number of hydrogen-bond donors (Lipinski definition) is 2. The Bertz CT molecular complexity index is 931. The van der Waals surface area contributed by atoms with Gasteiger partial charge in [-0.25, -0.2) is 4.98 Å². The van der Waals surface area contributed by atoms with E-state index in [0.29, 0.717) is 23.5 Å². The van der Waals surface area contributed by atoms with Gasteiger partial charge in [0.15, 0.2) is 5.82 Å². The number of hydrogen-bond acceptors (Lipinski definition) is 5. The van der Waals surface area contributed by atoms with Crippen LogP contribution >= 0.6 is 34.4 Å². The lowest BCUT2D eigenvalue weighted by atomic mass is 10.0. The number of halogens is 1. The van der Waals surface area contributed by atoms with Crippen LogP contribution in [-0.2, 0) is 11.4 Å². The molecule has 2 N–H and O–H groups in total. The fourth-order valence-electron chi connectivity index (χ4n) is 2.52. The highest BCUT2D eigenvalue weighted by Crippen LogP contribution is 2.26. The number of rotatable bonds is 8. The van der Waals surface area contributed by atoms with Crippen LogP contribution in [0, 0.1) is 3.57 Å². The normalized spacial score (nSPS) is 10.9. The molecular weight excluding hydrogens is 487 g/mol. The SMILES string of the molecule is CC(C)c1cc(I)ccc1NC(=O)CSc1n[nH]c(COc2ccccc2)n1. The molecule has 2 aromatic carbocycles. The fraction of sp³-hybridized carbons (Fsp3) is 0.250. The van der Waals surface area contributed by atoms with Gasteiger partial charge in [0.05, 0.1) is 5.75 Å². The minimum atomic E-state index is -0.0833. The first-order valence-corrected chi connectivity index (χ1v) is 10.9. The van der Waals surface area contributed by atoms with Crippen molar-refractivity contribution in [3.63, 3.8) is 0 Å². The molecule has 0 saturated heterocycles. The van der Waals surface area contributed by atoms with Crippen molar-refractivity contribution in [3.05, 3.63) is 63.5 Å². The van der Waals surface area contributed by atoms with Gasteiger partial charge in [-0.3, -0.25) is 9.89 Å². The van der Waals surface area contributed by atoms with Crippen LogP contribution in [0.3, 0.4) is 0 Å². The Morgan fingerprint density at radius 1 is 1.25 bits per heavy atom. The number of aromatic amines is 1. The standard InChI is InChI=1S/C20H21IN4O2S/c1-13(2)16-10-14(21)8-9-17(16)22-19(26)12-28-20-23-18(24-25-20)11-27-15-6-4-3-5-7-15/h3-10,13H,11-12H2,1-2H3,(H,22,26)(H,23,24,25). The van der Waals surface area contributed by atoms with Crippen molar-refractivity contribution in [2.75, 3.05) is 11.1 Å². The Balaban J connectivity index is 1.51. The van der Waals surface area contributed by atoms with Crippen molar-refractivity contribution in [2.24, 2.45) is 0 Å². The zero-order valence-electron chi connectivity index (χ0n) is 15.6. The molecule has 1 heterocycles. The van der Waals surface area contributed by atoms with Gasteiger partial charge in [-0.2, -0.15) is 0 Å². The molecule has 0 aliphatic carbocycles. The summed E-state index contributed by atoms with van der Waals surface area (Å²) >= 11 is 3.56. The van der Waals surface area contributed by atoms with E-state index >= 15 is 0 Å². The second-order valence-electron chi connectivity index (χ2n) is 6.39. The molecule has 0 atom stereocenters. The van der Waals surface area contributed by atoms with Crippen molar-refractivity contribution < 1.29 is 9.53 Å². The van der Waals surface area contributed by atoms with Crippen LogP contribution in [0.1, 0.15) is 31.2 Å². The smallest absolute Gasteiger partial charge is 0.234 e. The average molecular weight is 508 g/mol. The van der Waals surface area contributed by atoms with Gasteiger partial charge in [0.2, 0.25) is 11.1 Å². The van der Waals surface area contributed by atoms with Gasteiger partial charge in [-0.05, 0) is 64.4 Å². The molecule has 0 saturated carbocycles. The van der Waals surface area contributed by atoms with Crippen LogP contribution < -0.4 is 10.1 Å². The highest BCUT2D eigenvalue weighted by atomic mass is 127. The first-order chi connectivity index (χ1) is 13.5. The maximum Gasteiger partial charge on any atom is 0.234 e. The van der Waals surface area contributed by atoms with Gasteiger partial charge < -0.3 is 10.1 Å². The molecule has 8 heteroatoms. The number of nitrogens with one attached hydrogen (secondary N) is 2. The van der Waals surface area contributed by atoms with Gasteiger partial charge >= 0.3 is 0 Å². The zero-order valence-corrected chi connectivity index (χ0v) is 18.6. The van der Waals surface area contributed by atoms with Crippen LogP contribution in [0.4, 0.5) is 5.69 Å². The van der Waals surface area contributed by atoms with Gasteiger partial charge in [0, 0.05) is 9.26 Å². The van der Waals surface area contributed by atoms with E-state index in [1.54, 1.807) is 0 Å². The number of carbonyl (C=O) groups excluding carboxylic acids is 1. The maximum absolute atomic E-state index is 12.3. The van der Waals surface area contributed by atoms with Crippen LogP contribution in [0.25, 0.3) is 0 Å². The van der Waals surface area contributed by atoms with Crippen molar-refractivity contribution in [1.29, 1.82) is 0 Å². The molecular formula is C20H21IN4O2S. The van der Waals surface area contributed by atoms with Crippen LogP contribution in [0.5, 0.6) is 5.75 Å². The van der Waals surface area contributed by atoms with Gasteiger partial charge in [0.1, 0.15) is 12.4 Å². The van der Waals surface area contributed by atoms with Gasteiger partial charge in [-0.15, -0.1) is 5.10 Å². The molecule has 3 aromatic rings. The summed E-state index contributed by atoms with van der Waals surface area (Å²) in [7, 11) is 0. The lowest BCUT2D eigenvalue weighted by Gasteiger charge is -2.14. The third-order valence-electron chi connectivity index (χ3n) is 3.87. The largest absolute Gasteiger partial charge is 0.486 e. The Kier molecular flexibility index (Phi) is 7.32. The number of thioether (sulfide) groups is 1. The molecule has 0 aliphatic heterocycles. The zero-order chi connectivity index (χ0) is 19.9. The first kappa shape index (κ1) is 20.7. The number of benzene rings is 2. The van der Waals surface area contributed by atoms with E-state index in [1.807, 2.05) is 42.5 Å². The quantitative estimate of drug-likeness (QED) is 0.336. The van der Waals surface area contributed by atoms with Crippen LogP contribution in [0.2, 0.25) is 0 Å². The number of anilines is 1. The lowest BCUT2D eigenvalue weighted by molar-refractivity contribution is -0.113. The monoisotopic (exact) mass is 508 g/mol. The fourth-order valence-corrected chi connectivity index (χ4v) is 3.65. The molecule has 0 fully saturated rings. The molecule has 1 amide bonds. The highest BCUT2D eigenvalue weighted by molar-refractivity contribution is 14.1. The topological polar surface area (TPSA) is 79.9 Å². The summed E-state index contributed by atoms with van der Waals surface area (Å²) in [4.78, 5) is 16.7. The number of aromatic nitrogens is 3. The molecule has 0 spiro atoms. The maximum atomic E-state index is 12.3. The van der Waals surface area contributed by atoms with Crippen molar-refractivity contribution in [1.82, 2.24) is 15.2 Å². The minimum Gasteiger partial charge on any atom is -0.486 e. The summed E-state index contributed by atoms with van der Waals surface area (Å²) < 4.78 is 6.78. The Hall–Kier alpha value is -2.07. The first-order valence-electron chi connectivity index (χ1n) is 8.82. The molecule has 3 rings (SSSR count). The second-order valence-corrected chi connectivity index (χ2v) is 8.58. The summed E-state index contributed by atoms with van der Waals surface area (Å²) in [6, 6.07) is 15.6. The molecule has 0 unspecified atom stereocenters. The number of amides is 1. The third-order valence-corrected chi connectivity index (χ3v) is 5.39. The van der Waals surface area contributed by atoms with Crippen LogP contribution in [-0.4, -0.2) is 26.8 Å². The predicted octanol–water partition coefficient (Wildman–Crippen LogP) is 4.84. The molecule has 6 nitrogen and oxygen atoms in total. The molecule has 1 aromatic heterocycles. The summed E-state index contributed by atoms with van der Waals surface area (Å²) in [5, 5.41) is 10.5. The van der Waals surface area contributed by atoms with Crippen molar-refractivity contribution in [2.45, 2.75) is 31.5 Å². The van der Waals surface area contributed by atoms with Crippen molar-refractivity contribution in [3.8, 4) is 5.75 Å². The van der Waals surface area contributed by atoms with E-state index < -0.39 is 0 Å². The molecule has 146 valence electrons. The highest BCUT2D eigenvalue weighted by Gasteiger charge is 2.12. The van der Waals surface area contributed by atoms with E-state index in [9.17, 15) is 4.79 Å². The van der Waals surface area contributed by atoms with E-state index in [4.69, 9.17) is 4.74 Å². The van der Waals surface area contributed by atoms with E-state index in [1.165, 1.54) is 11.8 Å². The Morgan fingerprint density at radius 3 is 2.79 bits per heavy atom. The van der Waals surface area contributed by atoms with E-state index in [0.717, 1.165) is 20.6 Å². The molecule has 28 heavy (non-hydrogen) atoms. The minimum absolute atomic E-state index is 0.0833. The predicted molar refractivity (Wildman–Crippen MR) is 120 cm³/mol. The Morgan fingerprint density at radius 2 is 2.04 bits per heavy atom. The second kappa shape index (κ2) is 9.92. The summed E-state index contributed by atoms with van der Waals surface area (Å²) in [6.07, 6.45) is 0. The summed E-state index contributed by atoms with van der Waals surface area (Å²) in [5.74, 6) is 1.87. The molecule has 0 radical (unpaired) electrons. The average Bonchev–Trinajstić information content (AvgIpc) is 3.15. The van der Waals surface area contributed by atoms with Gasteiger partial charge in [0.25, 0.3) is 0 Å².